The lowest BCUT2D eigenvalue weighted by molar-refractivity contribution is -0.121. The SMILES string of the molecule is O=C(CN(Cc1ccccc1Cl)S(=O)(=O)c1ccc(Cl)cc1)NCCSc1n[nH]c(-c2ccccc2)n1. The molecule has 1 amide bonds. The van der Waals surface area contributed by atoms with Gasteiger partial charge in [0.1, 0.15) is 0 Å². The molecule has 0 aliphatic rings. The van der Waals surface area contributed by atoms with E-state index in [1.54, 1.807) is 24.3 Å². The highest BCUT2D eigenvalue weighted by molar-refractivity contribution is 7.99. The number of aromatic amines is 1. The van der Waals surface area contributed by atoms with Crippen LogP contribution in [0.15, 0.2) is 88.9 Å². The molecule has 192 valence electrons. The molecule has 0 saturated carbocycles. The van der Waals surface area contributed by atoms with Gasteiger partial charge in [-0.15, -0.1) is 5.10 Å². The Bertz CT molecular complexity index is 1450. The number of carbonyl (C=O) groups excluding carboxylic acids is 1. The van der Waals surface area contributed by atoms with Gasteiger partial charge >= 0.3 is 0 Å². The Kier molecular flexibility index (Phi) is 9.23. The van der Waals surface area contributed by atoms with Crippen LogP contribution in [0.2, 0.25) is 10.0 Å². The Morgan fingerprint density at radius 2 is 1.68 bits per heavy atom. The van der Waals surface area contributed by atoms with Crippen molar-refractivity contribution in [1.82, 2.24) is 24.8 Å². The van der Waals surface area contributed by atoms with E-state index in [-0.39, 0.29) is 18.0 Å². The highest BCUT2D eigenvalue weighted by Crippen LogP contribution is 2.23. The predicted octanol–water partition coefficient (Wildman–Crippen LogP) is 4.88. The number of benzene rings is 3. The summed E-state index contributed by atoms with van der Waals surface area (Å²) in [6.07, 6.45) is 0. The van der Waals surface area contributed by atoms with Gasteiger partial charge in [-0.2, -0.15) is 4.31 Å². The van der Waals surface area contributed by atoms with Crippen molar-refractivity contribution in [3.05, 3.63) is 94.5 Å². The summed E-state index contributed by atoms with van der Waals surface area (Å²) in [5, 5.41) is 11.2. The van der Waals surface area contributed by atoms with Gasteiger partial charge in [-0.3, -0.25) is 9.89 Å². The molecule has 4 rings (SSSR count). The van der Waals surface area contributed by atoms with E-state index in [1.807, 2.05) is 30.3 Å². The second-order valence-corrected chi connectivity index (χ2v) is 11.7. The largest absolute Gasteiger partial charge is 0.354 e. The summed E-state index contributed by atoms with van der Waals surface area (Å²) < 4.78 is 27.8. The summed E-state index contributed by atoms with van der Waals surface area (Å²) in [7, 11) is -4.00. The minimum atomic E-state index is -4.00. The lowest BCUT2D eigenvalue weighted by atomic mass is 10.2. The number of amides is 1. The van der Waals surface area contributed by atoms with E-state index in [0.717, 1.165) is 9.87 Å². The second kappa shape index (κ2) is 12.6. The van der Waals surface area contributed by atoms with Gasteiger partial charge in [-0.25, -0.2) is 13.4 Å². The molecule has 0 atom stereocenters. The molecule has 0 radical (unpaired) electrons. The quantitative estimate of drug-likeness (QED) is 0.195. The molecule has 0 fully saturated rings. The van der Waals surface area contributed by atoms with Crippen molar-refractivity contribution >= 4 is 50.9 Å². The first-order chi connectivity index (χ1) is 17.8. The van der Waals surface area contributed by atoms with Gasteiger partial charge in [0.05, 0.1) is 11.4 Å². The van der Waals surface area contributed by atoms with E-state index in [2.05, 4.69) is 20.5 Å². The first-order valence-corrected chi connectivity index (χ1v) is 14.4. The summed E-state index contributed by atoms with van der Waals surface area (Å²) in [5.74, 6) is 0.728. The number of H-pyrrole nitrogens is 1. The van der Waals surface area contributed by atoms with Crippen molar-refractivity contribution in [2.45, 2.75) is 16.6 Å². The van der Waals surface area contributed by atoms with Gasteiger partial charge in [-0.1, -0.05) is 83.5 Å². The average Bonchev–Trinajstić information content (AvgIpc) is 3.37. The molecule has 37 heavy (non-hydrogen) atoms. The Hall–Kier alpha value is -2.89. The molecule has 12 heteroatoms. The molecule has 8 nitrogen and oxygen atoms in total. The topological polar surface area (TPSA) is 108 Å². The lowest BCUT2D eigenvalue weighted by Crippen LogP contribution is -2.41. The number of nitrogens with zero attached hydrogens (tertiary/aromatic N) is 3. The van der Waals surface area contributed by atoms with Gasteiger partial charge in [0.2, 0.25) is 21.1 Å². The molecule has 3 aromatic carbocycles. The molecule has 4 aromatic rings. The van der Waals surface area contributed by atoms with Crippen LogP contribution in [0.25, 0.3) is 11.4 Å². The van der Waals surface area contributed by atoms with E-state index in [4.69, 9.17) is 23.2 Å². The van der Waals surface area contributed by atoms with Gasteiger partial charge in [0.15, 0.2) is 5.82 Å². The van der Waals surface area contributed by atoms with Crippen LogP contribution >= 0.6 is 35.0 Å². The van der Waals surface area contributed by atoms with Crippen LogP contribution in [0.4, 0.5) is 0 Å². The molecular formula is C25H23Cl2N5O3S2. The van der Waals surface area contributed by atoms with Crippen LogP contribution in [0.3, 0.4) is 0 Å². The molecule has 0 unspecified atom stereocenters. The maximum absolute atomic E-state index is 13.4. The van der Waals surface area contributed by atoms with Crippen LogP contribution in [-0.4, -0.2) is 52.7 Å². The lowest BCUT2D eigenvalue weighted by Gasteiger charge is -2.22. The number of halogens is 2. The van der Waals surface area contributed by atoms with Crippen LogP contribution in [0.5, 0.6) is 0 Å². The molecule has 0 aliphatic carbocycles. The average molecular weight is 577 g/mol. The number of hydrogen-bond acceptors (Lipinski definition) is 6. The first kappa shape index (κ1) is 27.2. The summed E-state index contributed by atoms with van der Waals surface area (Å²) in [6, 6.07) is 22.3. The van der Waals surface area contributed by atoms with E-state index < -0.39 is 15.9 Å². The maximum atomic E-state index is 13.4. The molecule has 1 aromatic heterocycles. The zero-order chi connectivity index (χ0) is 26.3. The maximum Gasteiger partial charge on any atom is 0.243 e. The number of hydrogen-bond donors (Lipinski definition) is 2. The molecule has 0 saturated heterocycles. The second-order valence-electron chi connectivity index (χ2n) is 7.85. The summed E-state index contributed by atoms with van der Waals surface area (Å²) >= 11 is 13.6. The smallest absolute Gasteiger partial charge is 0.243 e. The predicted molar refractivity (Wildman–Crippen MR) is 146 cm³/mol. The zero-order valence-corrected chi connectivity index (χ0v) is 22.6. The Morgan fingerprint density at radius 1 is 0.973 bits per heavy atom. The fourth-order valence-corrected chi connectivity index (χ4v) is 5.73. The van der Waals surface area contributed by atoms with Crippen LogP contribution in [-0.2, 0) is 21.4 Å². The third-order valence-corrected chi connectivity index (χ3v) is 8.52. The molecule has 1 heterocycles. The number of thioether (sulfide) groups is 1. The van der Waals surface area contributed by atoms with E-state index >= 15 is 0 Å². The van der Waals surface area contributed by atoms with Crippen molar-refractivity contribution in [2.24, 2.45) is 0 Å². The standard InChI is InChI=1S/C25H23Cl2N5O3S2/c26-20-10-12-21(13-11-20)37(34,35)32(16-19-8-4-5-9-22(19)27)17-23(33)28-14-15-36-25-29-24(30-31-25)18-6-2-1-3-7-18/h1-13H,14-17H2,(H,28,33)(H,29,30,31). The van der Waals surface area contributed by atoms with Crippen molar-refractivity contribution in [2.75, 3.05) is 18.8 Å². The van der Waals surface area contributed by atoms with E-state index in [9.17, 15) is 13.2 Å². The van der Waals surface area contributed by atoms with E-state index in [0.29, 0.717) is 38.9 Å². The monoisotopic (exact) mass is 575 g/mol. The fraction of sp³-hybridized carbons (Fsp3) is 0.160. The molecule has 0 bridgehead atoms. The number of rotatable bonds is 11. The first-order valence-electron chi connectivity index (χ1n) is 11.2. The molecule has 2 N–H and O–H groups in total. The van der Waals surface area contributed by atoms with Crippen molar-refractivity contribution in [3.63, 3.8) is 0 Å². The Morgan fingerprint density at radius 3 is 2.41 bits per heavy atom. The number of aromatic nitrogens is 3. The third kappa shape index (κ3) is 7.33. The summed E-state index contributed by atoms with van der Waals surface area (Å²) in [5.41, 5.74) is 1.51. The summed E-state index contributed by atoms with van der Waals surface area (Å²) in [6.45, 7) is -0.133. The number of nitrogens with one attached hydrogen (secondary N) is 2. The Labute approximate surface area is 229 Å². The van der Waals surface area contributed by atoms with Crippen molar-refractivity contribution in [3.8, 4) is 11.4 Å². The molecular weight excluding hydrogens is 553 g/mol. The highest BCUT2D eigenvalue weighted by atomic mass is 35.5. The van der Waals surface area contributed by atoms with Gasteiger partial charge in [0.25, 0.3) is 0 Å². The minimum absolute atomic E-state index is 0.0335. The van der Waals surface area contributed by atoms with Gasteiger partial charge < -0.3 is 5.32 Å². The van der Waals surface area contributed by atoms with Crippen molar-refractivity contribution < 1.29 is 13.2 Å². The van der Waals surface area contributed by atoms with Crippen LogP contribution < -0.4 is 5.32 Å². The van der Waals surface area contributed by atoms with Crippen LogP contribution in [0.1, 0.15) is 5.56 Å². The number of sulfonamides is 1. The number of carbonyl (C=O) groups is 1. The van der Waals surface area contributed by atoms with Crippen LogP contribution in [0, 0.1) is 0 Å². The van der Waals surface area contributed by atoms with E-state index in [1.165, 1.54) is 36.0 Å². The van der Waals surface area contributed by atoms with Crippen molar-refractivity contribution in [1.29, 1.82) is 0 Å². The fourth-order valence-electron chi connectivity index (χ4n) is 3.38. The highest BCUT2D eigenvalue weighted by Gasteiger charge is 2.27. The zero-order valence-electron chi connectivity index (χ0n) is 19.5. The Balaban J connectivity index is 1.37. The normalized spacial score (nSPS) is 11.5. The minimum Gasteiger partial charge on any atom is -0.354 e. The summed E-state index contributed by atoms with van der Waals surface area (Å²) in [4.78, 5) is 17.2. The van der Waals surface area contributed by atoms with Gasteiger partial charge in [-0.05, 0) is 35.9 Å². The molecule has 0 spiro atoms. The van der Waals surface area contributed by atoms with Gasteiger partial charge in [0, 0.05) is 34.5 Å². The molecule has 0 aliphatic heterocycles. The third-order valence-electron chi connectivity index (χ3n) is 5.24.